The quantitative estimate of drug-likeness (QED) is 0.222. The van der Waals surface area contributed by atoms with Gasteiger partial charge in [-0.1, -0.05) is 60.1 Å². The van der Waals surface area contributed by atoms with Crippen LogP contribution in [0.3, 0.4) is 0 Å². The summed E-state index contributed by atoms with van der Waals surface area (Å²) in [6, 6.07) is 2.42. The summed E-state index contributed by atoms with van der Waals surface area (Å²) in [5.41, 5.74) is 6.83. The zero-order chi connectivity index (χ0) is 27.6. The number of nitrogens with one attached hydrogen (secondary N) is 3. The van der Waals surface area contributed by atoms with Gasteiger partial charge in [-0.3, -0.25) is 14.4 Å². The Bertz CT molecular complexity index is 887. The normalized spacial score (nSPS) is 15.5. The van der Waals surface area contributed by atoms with Crippen molar-refractivity contribution in [1.29, 1.82) is 0 Å². The van der Waals surface area contributed by atoms with Crippen LogP contribution < -0.4 is 21.7 Å². The molecule has 10 nitrogen and oxygen atoms in total. The lowest BCUT2D eigenvalue weighted by atomic mass is 9.95. The minimum atomic E-state index is -1.15. The van der Waals surface area contributed by atoms with Crippen molar-refractivity contribution in [2.24, 2.45) is 23.5 Å². The van der Waals surface area contributed by atoms with E-state index in [4.69, 9.17) is 5.73 Å². The molecule has 0 aromatic heterocycles. The van der Waals surface area contributed by atoms with Crippen molar-refractivity contribution in [1.82, 2.24) is 16.0 Å². The molecule has 0 aliphatic heterocycles. The molecule has 5 unspecified atom stereocenters. The Morgan fingerprint density at radius 2 is 1.42 bits per heavy atom. The van der Waals surface area contributed by atoms with Crippen molar-refractivity contribution in [3.8, 4) is 5.75 Å². The molecule has 0 heterocycles. The summed E-state index contributed by atoms with van der Waals surface area (Å²) in [5, 5.41) is 26.8. The van der Waals surface area contributed by atoms with Crippen LogP contribution in [0.15, 0.2) is 24.3 Å². The van der Waals surface area contributed by atoms with E-state index in [0.29, 0.717) is 12.8 Å². The van der Waals surface area contributed by atoms with Gasteiger partial charge in [0.15, 0.2) is 0 Å². The maximum atomic E-state index is 13.2. The van der Waals surface area contributed by atoms with Crippen molar-refractivity contribution in [2.45, 2.75) is 85.0 Å². The third kappa shape index (κ3) is 9.85. The van der Waals surface area contributed by atoms with Crippen LogP contribution in [0.25, 0.3) is 0 Å². The number of aromatic hydroxyl groups is 1. The lowest BCUT2D eigenvalue weighted by molar-refractivity contribution is -0.144. The molecule has 5 atom stereocenters. The molecular formula is C26H42N4O6. The average molecular weight is 507 g/mol. The molecule has 1 aromatic carbocycles. The van der Waals surface area contributed by atoms with Crippen LogP contribution >= 0.6 is 0 Å². The Labute approximate surface area is 213 Å². The zero-order valence-corrected chi connectivity index (χ0v) is 22.1. The van der Waals surface area contributed by atoms with Crippen LogP contribution in [-0.2, 0) is 25.6 Å². The Hall–Kier alpha value is -3.14. The number of benzene rings is 1. The van der Waals surface area contributed by atoms with E-state index in [2.05, 4.69) is 16.0 Å². The minimum Gasteiger partial charge on any atom is -0.508 e. The first-order valence-corrected chi connectivity index (χ1v) is 12.4. The summed E-state index contributed by atoms with van der Waals surface area (Å²) in [4.78, 5) is 50.6. The number of carbonyl (C=O) groups is 4. The van der Waals surface area contributed by atoms with E-state index in [-0.39, 0.29) is 29.9 Å². The van der Waals surface area contributed by atoms with Crippen LogP contribution in [0.2, 0.25) is 0 Å². The molecule has 36 heavy (non-hydrogen) atoms. The highest BCUT2D eigenvalue weighted by Gasteiger charge is 2.33. The fourth-order valence-electron chi connectivity index (χ4n) is 3.67. The Kier molecular flexibility index (Phi) is 12.4. The fraction of sp³-hybridized carbons (Fsp3) is 0.615. The first kappa shape index (κ1) is 30.9. The average Bonchev–Trinajstić information content (AvgIpc) is 2.80. The van der Waals surface area contributed by atoms with Gasteiger partial charge in [-0.15, -0.1) is 0 Å². The number of carboxylic acid groups (broad SMARTS) is 1. The number of carbonyl (C=O) groups excluding carboxylic acids is 3. The van der Waals surface area contributed by atoms with E-state index in [0.717, 1.165) is 5.56 Å². The van der Waals surface area contributed by atoms with Crippen LogP contribution in [0.1, 0.15) is 59.9 Å². The maximum Gasteiger partial charge on any atom is 0.326 e. The molecule has 0 spiro atoms. The number of hydrogen-bond donors (Lipinski definition) is 6. The number of rotatable bonds is 14. The van der Waals surface area contributed by atoms with Crippen molar-refractivity contribution in [3.63, 3.8) is 0 Å². The number of phenolic OH excluding ortho intramolecular Hbond substituents is 1. The van der Waals surface area contributed by atoms with E-state index < -0.39 is 47.9 Å². The second kappa shape index (κ2) is 14.4. The van der Waals surface area contributed by atoms with Crippen LogP contribution in [0.5, 0.6) is 5.75 Å². The number of hydrogen-bond acceptors (Lipinski definition) is 6. The van der Waals surface area contributed by atoms with Crippen LogP contribution in [0.4, 0.5) is 0 Å². The number of amides is 3. The summed E-state index contributed by atoms with van der Waals surface area (Å²) in [7, 11) is 0. The molecule has 0 aliphatic rings. The van der Waals surface area contributed by atoms with Gasteiger partial charge in [0.1, 0.15) is 23.9 Å². The van der Waals surface area contributed by atoms with Gasteiger partial charge in [-0.2, -0.15) is 0 Å². The Balaban J connectivity index is 2.99. The van der Waals surface area contributed by atoms with Crippen molar-refractivity contribution in [3.05, 3.63) is 29.8 Å². The SMILES string of the molecule is CCC(C)C(NC(=O)C(CC(C)C)NC(=O)C(N)Cc1ccc(O)cc1)C(=O)NC(C(=O)O)C(C)C. The van der Waals surface area contributed by atoms with Crippen LogP contribution in [-0.4, -0.2) is 58.1 Å². The first-order chi connectivity index (χ1) is 16.8. The van der Waals surface area contributed by atoms with Gasteiger partial charge in [0, 0.05) is 0 Å². The van der Waals surface area contributed by atoms with Gasteiger partial charge in [0.05, 0.1) is 6.04 Å². The highest BCUT2D eigenvalue weighted by Crippen LogP contribution is 2.14. The van der Waals surface area contributed by atoms with E-state index in [1.54, 1.807) is 32.9 Å². The van der Waals surface area contributed by atoms with E-state index in [1.807, 2.05) is 20.8 Å². The summed E-state index contributed by atoms with van der Waals surface area (Å²) in [5.74, 6) is -3.25. The molecule has 0 saturated heterocycles. The Morgan fingerprint density at radius 1 is 0.861 bits per heavy atom. The molecule has 1 rings (SSSR count). The smallest absolute Gasteiger partial charge is 0.326 e. The minimum absolute atomic E-state index is 0.0579. The molecule has 0 fully saturated rings. The summed E-state index contributed by atoms with van der Waals surface area (Å²) >= 11 is 0. The fourth-order valence-corrected chi connectivity index (χ4v) is 3.67. The molecule has 10 heteroatoms. The topological polar surface area (TPSA) is 171 Å². The standard InChI is InChI=1S/C26H42N4O6/c1-7-16(6)22(25(34)29-21(15(4)5)26(35)36)30-24(33)20(12-14(2)3)28-23(32)19(27)13-17-8-10-18(31)11-9-17/h8-11,14-16,19-22,31H,7,12-13,27H2,1-6H3,(H,28,32)(H,29,34)(H,30,33)(H,35,36). The third-order valence-electron chi connectivity index (χ3n) is 6.09. The third-order valence-corrected chi connectivity index (χ3v) is 6.09. The van der Waals surface area contributed by atoms with Crippen molar-refractivity contribution < 1.29 is 29.4 Å². The van der Waals surface area contributed by atoms with Gasteiger partial charge in [0.2, 0.25) is 17.7 Å². The molecule has 202 valence electrons. The molecule has 7 N–H and O–H groups in total. The van der Waals surface area contributed by atoms with Crippen LogP contribution in [0, 0.1) is 17.8 Å². The second-order valence-electron chi connectivity index (χ2n) is 10.1. The molecule has 0 saturated carbocycles. The molecule has 3 amide bonds. The zero-order valence-electron chi connectivity index (χ0n) is 22.1. The summed E-state index contributed by atoms with van der Waals surface area (Å²) in [6.07, 6.45) is 1.10. The monoisotopic (exact) mass is 506 g/mol. The van der Waals surface area contributed by atoms with Crippen molar-refractivity contribution in [2.75, 3.05) is 0 Å². The molecule has 0 radical (unpaired) electrons. The molecule has 1 aromatic rings. The molecule has 0 bridgehead atoms. The maximum absolute atomic E-state index is 13.2. The number of carboxylic acids is 1. The molecule has 0 aliphatic carbocycles. The van der Waals surface area contributed by atoms with Gasteiger partial charge >= 0.3 is 5.97 Å². The number of aliphatic carboxylic acids is 1. The van der Waals surface area contributed by atoms with E-state index in [9.17, 15) is 29.4 Å². The molecular weight excluding hydrogens is 464 g/mol. The predicted octanol–water partition coefficient (Wildman–Crippen LogP) is 1.55. The largest absolute Gasteiger partial charge is 0.508 e. The lowest BCUT2D eigenvalue weighted by Gasteiger charge is -2.29. The number of nitrogens with two attached hydrogens (primary N) is 1. The van der Waals surface area contributed by atoms with Crippen molar-refractivity contribution >= 4 is 23.7 Å². The second-order valence-corrected chi connectivity index (χ2v) is 10.1. The predicted molar refractivity (Wildman–Crippen MR) is 137 cm³/mol. The highest BCUT2D eigenvalue weighted by atomic mass is 16.4. The van der Waals surface area contributed by atoms with E-state index in [1.165, 1.54) is 12.1 Å². The lowest BCUT2D eigenvalue weighted by Crippen LogP contribution is -2.59. The van der Waals surface area contributed by atoms with Gasteiger partial charge in [-0.05, 0) is 48.3 Å². The van der Waals surface area contributed by atoms with Gasteiger partial charge in [0.25, 0.3) is 0 Å². The van der Waals surface area contributed by atoms with E-state index >= 15 is 0 Å². The van der Waals surface area contributed by atoms with Gasteiger partial charge in [-0.25, -0.2) is 4.79 Å². The highest BCUT2D eigenvalue weighted by molar-refractivity contribution is 5.94. The number of phenols is 1. The summed E-state index contributed by atoms with van der Waals surface area (Å²) in [6.45, 7) is 10.8. The summed E-state index contributed by atoms with van der Waals surface area (Å²) < 4.78 is 0. The first-order valence-electron chi connectivity index (χ1n) is 12.4. The Morgan fingerprint density at radius 3 is 1.89 bits per heavy atom. The van der Waals surface area contributed by atoms with Gasteiger partial charge < -0.3 is 31.9 Å².